The number of fused-ring (bicyclic) bond motifs is 6. The quantitative estimate of drug-likeness (QED) is 0.171. The summed E-state index contributed by atoms with van der Waals surface area (Å²) in [6.45, 7) is 0. The number of rotatable bonds is 6. The molecule has 0 bridgehead atoms. The van der Waals surface area contributed by atoms with Gasteiger partial charge >= 0.3 is 0 Å². The van der Waals surface area contributed by atoms with Gasteiger partial charge in [0.25, 0.3) is 0 Å². The lowest BCUT2D eigenvalue weighted by atomic mass is 9.93. The monoisotopic (exact) mass is 736 g/mol. The van der Waals surface area contributed by atoms with Gasteiger partial charge in [-0.2, -0.15) is 0 Å². The number of thiophene rings is 1. The lowest BCUT2D eigenvalue weighted by Crippen LogP contribution is -2.01. The summed E-state index contributed by atoms with van der Waals surface area (Å²) in [6.07, 6.45) is 0. The minimum atomic E-state index is -0.288. The van der Waals surface area contributed by atoms with E-state index in [1.54, 1.807) is 11.3 Å². The van der Waals surface area contributed by atoms with Gasteiger partial charge in [-0.05, 0) is 47.0 Å². The van der Waals surface area contributed by atoms with Crippen LogP contribution in [0.25, 0.3) is 104 Å². The van der Waals surface area contributed by atoms with E-state index < -0.39 is 0 Å². The number of para-hydroxylation sites is 2. The zero-order chi connectivity index (χ0) is 40.5. The molecule has 0 aliphatic heterocycles. The van der Waals surface area contributed by atoms with Gasteiger partial charge in [0.15, 0.2) is 17.5 Å². The molecule has 0 fully saturated rings. The molecule has 0 saturated carbocycles. The first-order valence-corrected chi connectivity index (χ1v) is 19.3. The van der Waals surface area contributed by atoms with Crippen LogP contribution in [0.1, 0.15) is 5.48 Å². The lowest BCUT2D eigenvalue weighted by molar-refractivity contribution is 1.07. The summed E-state index contributed by atoms with van der Waals surface area (Å²) in [5.41, 5.74) is 8.33. The lowest BCUT2D eigenvalue weighted by Gasteiger charge is -2.15. The molecule has 5 heteroatoms. The molecule has 262 valence electrons. The van der Waals surface area contributed by atoms with E-state index >= 15 is 0 Å². The molecular weight excluding hydrogens is 701 g/mol. The van der Waals surface area contributed by atoms with Crippen molar-refractivity contribution in [2.45, 2.75) is 0 Å². The Morgan fingerprint density at radius 2 is 1.00 bits per heavy atom. The first kappa shape index (κ1) is 28.3. The molecule has 3 heterocycles. The zero-order valence-electron chi connectivity index (χ0n) is 33.9. The molecule has 0 amide bonds. The highest BCUT2D eigenvalue weighted by Crippen LogP contribution is 2.42. The largest absolute Gasteiger partial charge is 0.309 e. The Labute approximate surface area is 333 Å². The Kier molecular flexibility index (Phi) is 6.70. The smallest absolute Gasteiger partial charge is 0.164 e. The van der Waals surface area contributed by atoms with Crippen LogP contribution in [0.15, 0.2) is 194 Å². The molecule has 11 rings (SSSR count). The molecule has 0 radical (unpaired) electrons. The van der Waals surface area contributed by atoms with E-state index in [1.165, 1.54) is 15.5 Å². The average Bonchev–Trinajstić information content (AvgIpc) is 3.87. The fraction of sp³-hybridized carbons (Fsp3) is 0. The van der Waals surface area contributed by atoms with Gasteiger partial charge in [0, 0.05) is 58.9 Å². The van der Waals surface area contributed by atoms with Crippen molar-refractivity contribution in [2.75, 3.05) is 0 Å². The Bertz CT molecular complexity index is 3490. The maximum Gasteiger partial charge on any atom is 0.164 e. The maximum absolute atomic E-state index is 9.31. The van der Waals surface area contributed by atoms with Crippen LogP contribution in [-0.2, 0) is 0 Å². The summed E-state index contributed by atoms with van der Waals surface area (Å²) in [4.78, 5) is 15.2. The molecule has 0 aliphatic carbocycles. The topological polar surface area (TPSA) is 43.6 Å². The van der Waals surface area contributed by atoms with E-state index in [4.69, 9.17) is 17.7 Å². The predicted octanol–water partition coefficient (Wildman–Crippen LogP) is 13.7. The third-order valence-corrected chi connectivity index (χ3v) is 11.5. The molecule has 11 aromatic rings. The van der Waals surface area contributed by atoms with Gasteiger partial charge in [0.1, 0.15) is 0 Å². The van der Waals surface area contributed by atoms with Crippen molar-refractivity contribution in [3.8, 4) is 62.1 Å². The number of aromatic nitrogens is 4. The minimum absolute atomic E-state index is 0.0791. The number of hydrogen-bond acceptors (Lipinski definition) is 4. The first-order valence-electron chi connectivity index (χ1n) is 20.5. The van der Waals surface area contributed by atoms with Crippen LogP contribution in [0.4, 0.5) is 0 Å². The molecular formula is C51H32N4S. The maximum atomic E-state index is 9.31. The van der Waals surface area contributed by atoms with Gasteiger partial charge in [0.05, 0.1) is 16.5 Å². The number of nitrogens with zero attached hydrogens (tertiary/aromatic N) is 4. The summed E-state index contributed by atoms with van der Waals surface area (Å²) < 4.78 is 40.3. The third-order valence-electron chi connectivity index (χ3n) is 10.4. The number of benzene rings is 8. The van der Waals surface area contributed by atoms with Gasteiger partial charge in [0.2, 0.25) is 0 Å². The van der Waals surface area contributed by atoms with E-state index in [2.05, 4.69) is 72.8 Å². The molecule has 4 nitrogen and oxygen atoms in total. The average molecular weight is 737 g/mol. The van der Waals surface area contributed by atoms with Crippen molar-refractivity contribution < 1.29 is 5.48 Å². The Balaban J connectivity index is 1.16. The van der Waals surface area contributed by atoms with E-state index in [0.29, 0.717) is 34.1 Å². The highest BCUT2D eigenvalue weighted by molar-refractivity contribution is 7.25. The number of hydrogen-bond donors (Lipinski definition) is 0. The van der Waals surface area contributed by atoms with Crippen molar-refractivity contribution in [2.24, 2.45) is 0 Å². The third kappa shape index (κ3) is 5.40. The molecule has 0 aliphatic rings. The minimum Gasteiger partial charge on any atom is -0.309 e. The van der Waals surface area contributed by atoms with Gasteiger partial charge in [-0.1, -0.05) is 164 Å². The van der Waals surface area contributed by atoms with Crippen molar-refractivity contribution in [1.82, 2.24) is 19.5 Å². The fourth-order valence-corrected chi connectivity index (χ4v) is 8.97. The van der Waals surface area contributed by atoms with E-state index in [0.717, 1.165) is 54.5 Å². The molecule has 56 heavy (non-hydrogen) atoms. The second kappa shape index (κ2) is 13.3. The van der Waals surface area contributed by atoms with Crippen LogP contribution >= 0.6 is 11.3 Å². The second-order valence-electron chi connectivity index (χ2n) is 13.7. The first-order chi connectivity index (χ1) is 29.4. The Morgan fingerprint density at radius 1 is 0.411 bits per heavy atom. The summed E-state index contributed by atoms with van der Waals surface area (Å²) in [5.74, 6) is 1.58. The fourth-order valence-electron chi connectivity index (χ4n) is 7.83. The summed E-state index contributed by atoms with van der Waals surface area (Å²) in [7, 11) is 0. The van der Waals surface area contributed by atoms with Gasteiger partial charge in [-0.25, -0.2) is 15.0 Å². The van der Waals surface area contributed by atoms with Crippen LogP contribution in [0.3, 0.4) is 0 Å². The van der Waals surface area contributed by atoms with Crippen molar-refractivity contribution in [1.29, 1.82) is 0 Å². The zero-order valence-corrected chi connectivity index (χ0v) is 30.7. The molecule has 0 atom stereocenters. The summed E-state index contributed by atoms with van der Waals surface area (Å²) >= 11 is 1.75. The summed E-state index contributed by atoms with van der Waals surface area (Å²) in [5, 5.41) is 3.61. The normalized spacial score (nSPS) is 12.6. The Hall–Kier alpha value is -7.21. The SMILES string of the molecule is [2H]c1c([2H])c([2H])c2c(c1[2H])c1cccc(-c3ccccc3-c3ccccc3)c1n2-c1cccc(-c2nc(-c3ccccc3)nc(-c3ccc4c(c3)sc3ccccc34)n2)c1. The van der Waals surface area contributed by atoms with Crippen LogP contribution in [0.2, 0.25) is 0 Å². The molecule has 0 N–H and O–H groups in total. The summed E-state index contributed by atoms with van der Waals surface area (Å²) in [6, 6.07) is 56.3. The van der Waals surface area contributed by atoms with Crippen LogP contribution in [-0.4, -0.2) is 19.5 Å². The standard InChI is InChI=1S/C51H32N4S/c1-3-15-33(16-4-1)38-21-7-8-22-39(38)43-25-14-26-44-40-23-9-11-27-45(40)55(48(43)44)37-20-13-19-35(31-37)50-52-49(34-17-5-2-6-18-34)53-51(54-50)36-29-30-42-41-24-10-12-28-46(41)56-47(42)32-36/h1-32H/i9D,11D,23D,27D. The van der Waals surface area contributed by atoms with E-state index in [1.807, 2.05) is 102 Å². The second-order valence-corrected chi connectivity index (χ2v) is 14.8. The van der Waals surface area contributed by atoms with Crippen molar-refractivity contribution >= 4 is 53.3 Å². The molecule has 0 saturated heterocycles. The molecule has 8 aromatic carbocycles. The van der Waals surface area contributed by atoms with Crippen LogP contribution in [0.5, 0.6) is 0 Å². The highest BCUT2D eigenvalue weighted by atomic mass is 32.1. The van der Waals surface area contributed by atoms with Gasteiger partial charge in [-0.3, -0.25) is 0 Å². The Morgan fingerprint density at radius 3 is 1.82 bits per heavy atom. The highest BCUT2D eigenvalue weighted by Gasteiger charge is 2.20. The molecule has 0 spiro atoms. The van der Waals surface area contributed by atoms with Crippen LogP contribution < -0.4 is 0 Å². The molecule has 3 aromatic heterocycles. The van der Waals surface area contributed by atoms with Crippen molar-refractivity contribution in [3.05, 3.63) is 194 Å². The van der Waals surface area contributed by atoms with Crippen LogP contribution in [0, 0.1) is 0 Å². The molecule has 0 unspecified atom stereocenters. The van der Waals surface area contributed by atoms with Gasteiger partial charge < -0.3 is 4.57 Å². The van der Waals surface area contributed by atoms with Crippen molar-refractivity contribution in [3.63, 3.8) is 0 Å². The van der Waals surface area contributed by atoms with Gasteiger partial charge in [-0.15, -0.1) is 11.3 Å². The van der Waals surface area contributed by atoms with E-state index in [9.17, 15) is 2.74 Å². The predicted molar refractivity (Wildman–Crippen MR) is 234 cm³/mol. The van der Waals surface area contributed by atoms with E-state index in [-0.39, 0.29) is 24.2 Å².